The molecule has 0 amide bonds. The number of rotatable bonds is 8. The van der Waals surface area contributed by atoms with Crippen LogP contribution in [0.3, 0.4) is 0 Å². The van der Waals surface area contributed by atoms with Gasteiger partial charge in [0.2, 0.25) is 0 Å². The van der Waals surface area contributed by atoms with Crippen LogP contribution < -0.4 is 20.3 Å². The van der Waals surface area contributed by atoms with Gasteiger partial charge in [-0.2, -0.15) is 0 Å². The molecule has 2 aromatic rings. The van der Waals surface area contributed by atoms with Crippen LogP contribution in [0.4, 0.5) is 5.69 Å². The Hall–Kier alpha value is -2.28. The first kappa shape index (κ1) is 16.6. The number of hydrogen-bond acceptors (Lipinski definition) is 6. The molecule has 2 N–H and O–H groups in total. The highest BCUT2D eigenvalue weighted by Crippen LogP contribution is 2.28. The number of hydrazine groups is 1. The Bertz CT molecular complexity index is 630. The molecule has 0 aromatic heterocycles. The largest absolute Gasteiger partial charge is 0.493 e. The summed E-state index contributed by atoms with van der Waals surface area (Å²) in [6, 6.07) is 15.8. The van der Waals surface area contributed by atoms with Crippen LogP contribution in [-0.2, 0) is 16.0 Å². The molecule has 3 rings (SSSR count). The number of ether oxygens (including phenoxy) is 4. The summed E-state index contributed by atoms with van der Waals surface area (Å²) in [5.74, 6) is 1.36. The Morgan fingerprint density at radius 3 is 2.58 bits per heavy atom. The molecule has 1 aliphatic heterocycles. The first-order valence-corrected chi connectivity index (χ1v) is 7.92. The second-order valence-corrected chi connectivity index (χ2v) is 5.31. The fourth-order valence-corrected chi connectivity index (χ4v) is 2.37. The second kappa shape index (κ2) is 8.54. The van der Waals surface area contributed by atoms with Crippen LogP contribution in [-0.4, -0.2) is 33.2 Å². The van der Waals surface area contributed by atoms with Crippen LogP contribution in [0.2, 0.25) is 0 Å². The van der Waals surface area contributed by atoms with E-state index in [9.17, 15) is 0 Å². The number of benzene rings is 2. The summed E-state index contributed by atoms with van der Waals surface area (Å²) in [5.41, 5.74) is 8.42. The predicted molar refractivity (Wildman–Crippen MR) is 91.1 cm³/mol. The number of anilines is 1. The van der Waals surface area contributed by atoms with Gasteiger partial charge in [0.25, 0.3) is 0 Å². The molecule has 2 aromatic carbocycles. The monoisotopic (exact) mass is 330 g/mol. The quantitative estimate of drug-likeness (QED) is 0.726. The van der Waals surface area contributed by atoms with Crippen molar-refractivity contribution < 1.29 is 18.9 Å². The van der Waals surface area contributed by atoms with E-state index in [1.807, 2.05) is 48.5 Å². The number of methoxy groups -OCH3 is 1. The van der Waals surface area contributed by atoms with Gasteiger partial charge in [-0.1, -0.05) is 24.3 Å². The highest BCUT2D eigenvalue weighted by Gasteiger charge is 2.17. The molecule has 1 aliphatic rings. The molecule has 0 saturated carbocycles. The Morgan fingerprint density at radius 2 is 1.83 bits per heavy atom. The van der Waals surface area contributed by atoms with Gasteiger partial charge in [-0.25, -0.2) is 5.43 Å². The molecule has 0 spiro atoms. The number of nitrogens with one attached hydrogen (secondary N) is 2. The zero-order valence-corrected chi connectivity index (χ0v) is 13.7. The minimum Gasteiger partial charge on any atom is -0.493 e. The van der Waals surface area contributed by atoms with Crippen LogP contribution in [0.5, 0.6) is 11.5 Å². The maximum absolute atomic E-state index is 5.79. The van der Waals surface area contributed by atoms with Gasteiger partial charge >= 0.3 is 0 Å². The smallest absolute Gasteiger partial charge is 0.191 e. The van der Waals surface area contributed by atoms with Gasteiger partial charge in [-0.15, -0.1) is 0 Å². The lowest BCUT2D eigenvalue weighted by molar-refractivity contribution is -0.0687. The van der Waals surface area contributed by atoms with Crippen molar-refractivity contribution in [3.63, 3.8) is 0 Å². The molecule has 0 atom stereocenters. The Kier molecular flexibility index (Phi) is 5.90. The van der Waals surface area contributed by atoms with Crippen molar-refractivity contribution in [2.45, 2.75) is 12.8 Å². The summed E-state index contributed by atoms with van der Waals surface area (Å²) in [5, 5.41) is 0. The molecule has 1 saturated heterocycles. The molecule has 1 heterocycles. The van der Waals surface area contributed by atoms with Gasteiger partial charge in [0, 0.05) is 12.2 Å². The molecule has 0 bridgehead atoms. The minimum absolute atomic E-state index is 0.309. The zero-order valence-electron chi connectivity index (χ0n) is 13.7. The van der Waals surface area contributed by atoms with Gasteiger partial charge in [-0.3, -0.25) is 0 Å². The van der Waals surface area contributed by atoms with E-state index < -0.39 is 0 Å². The summed E-state index contributed by atoms with van der Waals surface area (Å²) in [7, 11) is 1.62. The molecule has 0 aliphatic carbocycles. The first-order valence-electron chi connectivity index (χ1n) is 7.92. The van der Waals surface area contributed by atoms with Crippen molar-refractivity contribution >= 4 is 5.69 Å². The van der Waals surface area contributed by atoms with E-state index in [4.69, 9.17) is 18.9 Å². The lowest BCUT2D eigenvalue weighted by Gasteiger charge is -2.15. The summed E-state index contributed by atoms with van der Waals surface area (Å²) < 4.78 is 21.9. The molecule has 0 unspecified atom stereocenters. The van der Waals surface area contributed by atoms with E-state index in [1.165, 1.54) is 0 Å². The van der Waals surface area contributed by atoms with Crippen molar-refractivity contribution in [3.8, 4) is 11.5 Å². The topological polar surface area (TPSA) is 61.0 Å². The summed E-state index contributed by atoms with van der Waals surface area (Å²) >= 11 is 0. The highest BCUT2D eigenvalue weighted by atomic mass is 16.7. The molecular formula is C18H22N2O4. The normalized spacial score (nSPS) is 14.5. The maximum atomic E-state index is 5.79. The van der Waals surface area contributed by atoms with Crippen LogP contribution in [0.1, 0.15) is 5.56 Å². The first-order chi connectivity index (χ1) is 11.8. The standard InChI is InChI=1S/C18H22N2O4/c1-21-16-8-7-14(12-19-20-15-5-3-2-4-6-15)11-17(16)24-13-18-22-9-10-23-18/h2-8,11,18-20H,9-10,12-13H2,1H3. The summed E-state index contributed by atoms with van der Waals surface area (Å²) in [4.78, 5) is 0. The molecule has 128 valence electrons. The SMILES string of the molecule is COc1ccc(CNNc2ccccc2)cc1OCC1OCCO1. The zero-order chi connectivity index (χ0) is 16.6. The van der Waals surface area contributed by atoms with Crippen molar-refractivity contribution in [1.82, 2.24) is 5.43 Å². The summed E-state index contributed by atoms with van der Waals surface area (Å²) in [6.45, 7) is 2.21. The van der Waals surface area contributed by atoms with Crippen LogP contribution in [0.15, 0.2) is 48.5 Å². The van der Waals surface area contributed by atoms with Gasteiger partial charge in [0.1, 0.15) is 6.61 Å². The van der Waals surface area contributed by atoms with Crippen LogP contribution in [0, 0.1) is 0 Å². The molecule has 0 radical (unpaired) electrons. The van der Waals surface area contributed by atoms with Gasteiger partial charge in [0.15, 0.2) is 17.8 Å². The van der Waals surface area contributed by atoms with E-state index in [1.54, 1.807) is 7.11 Å². The highest BCUT2D eigenvalue weighted by molar-refractivity contribution is 5.44. The number of hydrogen-bond donors (Lipinski definition) is 2. The van der Waals surface area contributed by atoms with Crippen molar-refractivity contribution in [2.75, 3.05) is 32.4 Å². The third kappa shape index (κ3) is 4.61. The van der Waals surface area contributed by atoms with Crippen molar-refractivity contribution in [1.29, 1.82) is 0 Å². The van der Waals surface area contributed by atoms with E-state index >= 15 is 0 Å². The lowest BCUT2D eigenvalue weighted by Crippen LogP contribution is -2.21. The third-order valence-electron chi connectivity index (χ3n) is 3.59. The molecule has 6 heteroatoms. The molecule has 6 nitrogen and oxygen atoms in total. The molecule has 24 heavy (non-hydrogen) atoms. The van der Waals surface area contributed by atoms with E-state index in [0.717, 1.165) is 11.3 Å². The number of para-hydroxylation sites is 1. The van der Waals surface area contributed by atoms with Gasteiger partial charge < -0.3 is 24.4 Å². The average molecular weight is 330 g/mol. The predicted octanol–water partition coefficient (Wildman–Crippen LogP) is 2.56. The Balaban J connectivity index is 1.56. The summed E-state index contributed by atoms with van der Waals surface area (Å²) in [6.07, 6.45) is -0.309. The van der Waals surface area contributed by atoms with Gasteiger partial charge in [0.05, 0.1) is 20.3 Å². The minimum atomic E-state index is -0.309. The van der Waals surface area contributed by atoms with Crippen LogP contribution in [0.25, 0.3) is 0 Å². The third-order valence-corrected chi connectivity index (χ3v) is 3.59. The average Bonchev–Trinajstić information content (AvgIpc) is 3.14. The maximum Gasteiger partial charge on any atom is 0.191 e. The fraction of sp³-hybridized carbons (Fsp3) is 0.333. The lowest BCUT2D eigenvalue weighted by atomic mass is 10.2. The van der Waals surface area contributed by atoms with E-state index in [-0.39, 0.29) is 6.29 Å². The Labute approximate surface area is 141 Å². The van der Waals surface area contributed by atoms with Crippen molar-refractivity contribution in [2.24, 2.45) is 0 Å². The van der Waals surface area contributed by atoms with E-state index in [0.29, 0.717) is 37.9 Å². The van der Waals surface area contributed by atoms with Crippen LogP contribution >= 0.6 is 0 Å². The fourth-order valence-electron chi connectivity index (χ4n) is 2.37. The Morgan fingerprint density at radius 1 is 1.04 bits per heavy atom. The second-order valence-electron chi connectivity index (χ2n) is 5.31. The molecular weight excluding hydrogens is 308 g/mol. The van der Waals surface area contributed by atoms with E-state index in [2.05, 4.69) is 10.9 Å². The molecule has 1 fully saturated rings. The van der Waals surface area contributed by atoms with Crippen molar-refractivity contribution in [3.05, 3.63) is 54.1 Å². The van der Waals surface area contributed by atoms with Gasteiger partial charge in [-0.05, 0) is 29.8 Å².